The van der Waals surface area contributed by atoms with Crippen molar-refractivity contribution in [1.29, 1.82) is 0 Å². The van der Waals surface area contributed by atoms with Gasteiger partial charge in [0.25, 0.3) is 0 Å². The Morgan fingerprint density at radius 3 is 2.52 bits per heavy atom. The highest BCUT2D eigenvalue weighted by molar-refractivity contribution is 7.16. The number of hydrogen-bond acceptors (Lipinski definition) is 1. The summed E-state index contributed by atoms with van der Waals surface area (Å²) in [5.74, 6) is 6.56. The molecule has 2 aromatic rings. The molecule has 0 bridgehead atoms. The van der Waals surface area contributed by atoms with Gasteiger partial charge in [-0.1, -0.05) is 42.2 Å². The molecule has 2 aromatic carbocycles. The van der Waals surface area contributed by atoms with Crippen molar-refractivity contribution in [2.45, 2.75) is 13.0 Å². The standard InChI is InChI=1S/C18H16NOP/c20-18(11-12-21)19-13-16-7-2-1-5-14(16)9-10-15-6-3-4-8-17(15)19/h1-8H,11-13,21H2. The molecule has 0 aliphatic carbocycles. The molecule has 21 heavy (non-hydrogen) atoms. The first kappa shape index (κ1) is 13.9. The molecule has 1 aliphatic rings. The van der Waals surface area contributed by atoms with Gasteiger partial charge in [0.15, 0.2) is 0 Å². The van der Waals surface area contributed by atoms with Crippen LogP contribution in [-0.4, -0.2) is 12.1 Å². The summed E-state index contributed by atoms with van der Waals surface area (Å²) in [4.78, 5) is 14.4. The first-order valence-corrected chi connectivity index (χ1v) is 7.80. The second-order valence-corrected chi connectivity index (χ2v) is 5.52. The maximum atomic E-state index is 12.5. The van der Waals surface area contributed by atoms with Crippen molar-refractivity contribution in [2.24, 2.45) is 0 Å². The van der Waals surface area contributed by atoms with Crippen LogP contribution in [0.3, 0.4) is 0 Å². The Bertz CT molecular complexity index is 742. The van der Waals surface area contributed by atoms with E-state index in [1.807, 2.05) is 53.4 Å². The van der Waals surface area contributed by atoms with E-state index >= 15 is 0 Å². The number of nitrogens with zero attached hydrogens (tertiary/aromatic N) is 1. The van der Waals surface area contributed by atoms with Gasteiger partial charge in [-0.05, 0) is 29.9 Å². The average Bonchev–Trinajstić information content (AvgIpc) is 2.50. The van der Waals surface area contributed by atoms with Gasteiger partial charge in [-0.25, -0.2) is 0 Å². The van der Waals surface area contributed by atoms with Crippen LogP contribution in [0.25, 0.3) is 0 Å². The Labute approximate surface area is 127 Å². The molecule has 1 heterocycles. The molecule has 1 atom stereocenters. The van der Waals surface area contributed by atoms with Crippen molar-refractivity contribution in [1.82, 2.24) is 0 Å². The molecule has 0 saturated heterocycles. The quantitative estimate of drug-likeness (QED) is 0.615. The van der Waals surface area contributed by atoms with E-state index in [9.17, 15) is 4.79 Å². The molecule has 0 spiro atoms. The van der Waals surface area contributed by atoms with Crippen LogP contribution in [-0.2, 0) is 11.3 Å². The Kier molecular flexibility index (Phi) is 4.04. The van der Waals surface area contributed by atoms with Gasteiger partial charge in [-0.2, -0.15) is 0 Å². The summed E-state index contributed by atoms with van der Waals surface area (Å²) in [6.07, 6.45) is 1.29. The molecule has 0 N–H and O–H groups in total. The number of carbonyl (C=O) groups excluding carboxylic acids is 1. The van der Waals surface area contributed by atoms with Gasteiger partial charge in [-0.15, -0.1) is 9.24 Å². The second kappa shape index (κ2) is 6.12. The minimum atomic E-state index is 0.135. The van der Waals surface area contributed by atoms with Crippen molar-refractivity contribution < 1.29 is 4.79 Å². The normalized spacial score (nSPS) is 12.3. The SMILES string of the molecule is O=C(CCP)N1Cc2ccccc2C#Cc2ccccc21. The predicted molar refractivity (Wildman–Crippen MR) is 89.2 cm³/mol. The van der Waals surface area contributed by atoms with Crippen molar-refractivity contribution in [3.63, 3.8) is 0 Å². The molecular weight excluding hydrogens is 277 g/mol. The first-order chi connectivity index (χ1) is 10.3. The lowest BCUT2D eigenvalue weighted by Crippen LogP contribution is -2.31. The molecule has 1 unspecified atom stereocenters. The highest BCUT2D eigenvalue weighted by atomic mass is 31.0. The first-order valence-electron chi connectivity index (χ1n) is 6.99. The molecule has 104 valence electrons. The van der Waals surface area contributed by atoms with E-state index in [4.69, 9.17) is 0 Å². The van der Waals surface area contributed by atoms with Crippen molar-refractivity contribution in [3.8, 4) is 11.8 Å². The molecular formula is C18H16NOP. The third kappa shape index (κ3) is 2.84. The largest absolute Gasteiger partial charge is 0.307 e. The van der Waals surface area contributed by atoms with Gasteiger partial charge in [-0.3, -0.25) is 4.79 Å². The number of carbonyl (C=O) groups is 1. The van der Waals surface area contributed by atoms with Crippen LogP contribution in [0.4, 0.5) is 5.69 Å². The average molecular weight is 293 g/mol. The third-order valence-corrected chi connectivity index (χ3v) is 3.82. The molecule has 3 rings (SSSR count). The fraction of sp³-hybridized carbons (Fsp3) is 0.167. The van der Waals surface area contributed by atoms with E-state index in [2.05, 4.69) is 21.1 Å². The summed E-state index contributed by atoms with van der Waals surface area (Å²) >= 11 is 0. The van der Waals surface area contributed by atoms with Crippen LogP contribution >= 0.6 is 9.24 Å². The summed E-state index contributed by atoms with van der Waals surface area (Å²) in [6, 6.07) is 15.9. The van der Waals surface area contributed by atoms with E-state index in [0.29, 0.717) is 13.0 Å². The highest BCUT2D eigenvalue weighted by Gasteiger charge is 2.20. The minimum Gasteiger partial charge on any atom is -0.307 e. The highest BCUT2D eigenvalue weighted by Crippen LogP contribution is 2.25. The molecule has 0 aromatic heterocycles. The molecule has 2 nitrogen and oxygen atoms in total. The second-order valence-electron chi connectivity index (χ2n) is 4.94. The van der Waals surface area contributed by atoms with Crippen molar-refractivity contribution >= 4 is 20.8 Å². The van der Waals surface area contributed by atoms with Gasteiger partial charge in [0.1, 0.15) is 0 Å². The lowest BCUT2D eigenvalue weighted by molar-refractivity contribution is -0.118. The number of benzene rings is 2. The summed E-state index contributed by atoms with van der Waals surface area (Å²) in [7, 11) is 2.62. The zero-order valence-electron chi connectivity index (χ0n) is 11.7. The fourth-order valence-corrected chi connectivity index (χ4v) is 2.71. The van der Waals surface area contributed by atoms with Gasteiger partial charge in [0.2, 0.25) is 5.91 Å². The number of amides is 1. The van der Waals surface area contributed by atoms with Crippen LogP contribution in [0.15, 0.2) is 48.5 Å². The van der Waals surface area contributed by atoms with Crippen LogP contribution in [0.1, 0.15) is 23.1 Å². The third-order valence-electron chi connectivity index (χ3n) is 3.53. The number of anilines is 1. The Morgan fingerprint density at radius 1 is 1.05 bits per heavy atom. The Hall–Kier alpha value is -2.10. The summed E-state index contributed by atoms with van der Waals surface area (Å²) in [5.41, 5.74) is 3.90. The van der Waals surface area contributed by atoms with Crippen LogP contribution < -0.4 is 4.90 Å². The van der Waals surface area contributed by atoms with Gasteiger partial charge in [0.05, 0.1) is 12.2 Å². The lowest BCUT2D eigenvalue weighted by Gasteiger charge is -2.25. The van der Waals surface area contributed by atoms with Crippen molar-refractivity contribution in [3.05, 3.63) is 65.2 Å². The van der Waals surface area contributed by atoms with Gasteiger partial charge >= 0.3 is 0 Å². The van der Waals surface area contributed by atoms with Crippen LogP contribution in [0.2, 0.25) is 0 Å². The summed E-state index contributed by atoms with van der Waals surface area (Å²) in [5, 5.41) is 0. The van der Waals surface area contributed by atoms with Gasteiger partial charge in [0, 0.05) is 17.5 Å². The summed E-state index contributed by atoms with van der Waals surface area (Å²) < 4.78 is 0. The molecule has 1 aliphatic heterocycles. The summed E-state index contributed by atoms with van der Waals surface area (Å²) in [6.45, 7) is 0.575. The fourth-order valence-electron chi connectivity index (χ4n) is 2.47. The zero-order valence-corrected chi connectivity index (χ0v) is 12.8. The van der Waals surface area contributed by atoms with E-state index in [0.717, 1.165) is 28.5 Å². The molecule has 0 saturated carbocycles. The Balaban J connectivity index is 2.14. The monoisotopic (exact) mass is 293 g/mol. The zero-order chi connectivity index (χ0) is 14.7. The molecule has 0 radical (unpaired) electrons. The van der Waals surface area contributed by atoms with Crippen LogP contribution in [0, 0.1) is 11.8 Å². The number of para-hydroxylation sites is 1. The smallest absolute Gasteiger partial charge is 0.227 e. The van der Waals surface area contributed by atoms with E-state index in [-0.39, 0.29) is 5.91 Å². The van der Waals surface area contributed by atoms with E-state index in [1.54, 1.807) is 0 Å². The number of fused-ring (bicyclic) bond motifs is 2. The van der Waals surface area contributed by atoms with Crippen LogP contribution in [0.5, 0.6) is 0 Å². The van der Waals surface area contributed by atoms with Gasteiger partial charge < -0.3 is 4.90 Å². The predicted octanol–water partition coefficient (Wildman–Crippen LogP) is 3.20. The Morgan fingerprint density at radius 2 is 1.71 bits per heavy atom. The number of hydrogen-bond donors (Lipinski definition) is 0. The molecule has 1 amide bonds. The lowest BCUT2D eigenvalue weighted by atomic mass is 10.0. The molecule has 3 heteroatoms. The van der Waals surface area contributed by atoms with Crippen molar-refractivity contribution in [2.75, 3.05) is 11.1 Å². The molecule has 0 fully saturated rings. The maximum absolute atomic E-state index is 12.5. The number of rotatable bonds is 2. The van der Waals surface area contributed by atoms with E-state index in [1.165, 1.54) is 0 Å². The topological polar surface area (TPSA) is 20.3 Å². The minimum absolute atomic E-state index is 0.135. The van der Waals surface area contributed by atoms with E-state index < -0.39 is 0 Å². The maximum Gasteiger partial charge on any atom is 0.227 e.